The maximum absolute atomic E-state index is 13.0. The third-order valence-corrected chi connectivity index (χ3v) is 21.2. The summed E-state index contributed by atoms with van der Waals surface area (Å²) in [5, 5.41) is 23.7. The van der Waals surface area contributed by atoms with E-state index < -0.39 is 40.1 Å². The zero-order chi connectivity index (χ0) is 88.8. The SMILES string of the molecule is CC(C)(C)OC(=O)N1C=C(c2ccc3c(N)ncnn23)CCC1.CC(C)(C)OC(=O)N1CCCC(c2cc(-c3ccc(C(=O)Nc4cc(C(F)(F)F)ccn4)cc3)c3c(N)ncnn23)C1.CC(C)(C)OC(=O)N1CCCC(c2cc(Br)c3c(N)ncnn23)C1.CC(C)(C)OC(=O)N1CCCC(c2ccc3c(N)ncnn23)C1.Nc1ncnn2c(Br)ccc12. The van der Waals surface area contributed by atoms with Crippen LogP contribution in [0.2, 0.25) is 0 Å². The van der Waals surface area contributed by atoms with E-state index >= 15 is 0 Å². The molecule has 16 rings (SSSR count). The number of hydrogen-bond donors (Lipinski definition) is 6. The monoisotopic (exact) mass is 1820 g/mol. The highest BCUT2D eigenvalue weighted by molar-refractivity contribution is 9.10. The van der Waals surface area contributed by atoms with Crippen molar-refractivity contribution >= 4 is 130 Å². The van der Waals surface area contributed by atoms with E-state index in [1.165, 1.54) is 31.6 Å². The van der Waals surface area contributed by atoms with Crippen molar-refractivity contribution in [2.45, 2.75) is 181 Å². The first-order chi connectivity index (χ1) is 58.0. The first kappa shape index (κ1) is 89.8. The fraction of sp³-hybridized carbons (Fsp3) is 0.422. The molecule has 3 unspecified atom stereocenters. The Morgan fingerprint density at radius 2 is 0.878 bits per heavy atom. The molecule has 35 nitrogen and oxygen atoms in total. The van der Waals surface area contributed by atoms with Crippen molar-refractivity contribution in [3.05, 3.63) is 172 Å². The summed E-state index contributed by atoms with van der Waals surface area (Å²) < 4.78 is 71.6. The van der Waals surface area contributed by atoms with Crippen LogP contribution < -0.4 is 34.0 Å². The highest BCUT2D eigenvalue weighted by atomic mass is 79.9. The van der Waals surface area contributed by atoms with Gasteiger partial charge in [0.1, 0.15) is 92.0 Å². The minimum Gasteiger partial charge on any atom is -0.444 e. The summed E-state index contributed by atoms with van der Waals surface area (Å²) in [6.45, 7) is 26.7. The molecule has 5 amide bonds. The largest absolute Gasteiger partial charge is 0.444 e. The number of likely N-dealkylation sites (tertiary alicyclic amines) is 3. The van der Waals surface area contributed by atoms with Crippen LogP contribution in [0.5, 0.6) is 0 Å². The van der Waals surface area contributed by atoms with Crippen LogP contribution in [0, 0.1) is 0 Å². The zero-order valence-electron chi connectivity index (χ0n) is 70.4. The second kappa shape index (κ2) is 37.1. The number of rotatable bonds is 7. The minimum atomic E-state index is -4.56. The first-order valence-electron chi connectivity index (χ1n) is 39.9. The van der Waals surface area contributed by atoms with Crippen LogP contribution in [0.4, 0.5) is 67.3 Å². The van der Waals surface area contributed by atoms with Crippen LogP contribution in [-0.2, 0) is 25.1 Å². The van der Waals surface area contributed by atoms with Gasteiger partial charge in [0.05, 0.1) is 11.3 Å². The number of fused-ring (bicyclic) bond motifs is 5. The number of nitrogens with one attached hydrogen (secondary N) is 1. The van der Waals surface area contributed by atoms with E-state index in [0.29, 0.717) is 68.1 Å². The predicted molar refractivity (Wildman–Crippen MR) is 465 cm³/mol. The van der Waals surface area contributed by atoms with E-state index in [1.54, 1.807) is 57.4 Å². The standard InChI is InChI=1S/C29H30F3N7O3.C16H22BrN5O2.C16H23N5O2.C16H21N5O2.C6H5BrN4/c1-28(2,3)42-27(41)38-12-4-5-19(15-38)22-14-21(24-25(33)35-16-36-39(22)24)17-6-8-18(9-7-17)26(40)37-23-13-20(10-11-34-23)29(30,31)32;1-16(2,3)24-15(23)21-6-4-5-10(8-21)12-7-11(17)13-14(18)19-9-20-22(12)13;2*1-16(2,3)23-15(22)20-8-4-5-11(9-20)12-6-7-13-14(17)18-10-19-21(12)13;7-5-2-1-4-6(8)9-3-10-11(4)5/h6-11,13-14,16,19H,4-5,12,15H2,1-3H3,(H2,33,35,36)(H,34,37,40);7,9-10H,4-6,8H2,1-3H3,(H2,18,19,20);6-7,10-11H,4-5,8-9H2,1-3H3,(H2,17,18,19);6-7,9-10H,4-5,8H2,1-3H3,(H2,17,18,19);1-3H,(H2,8,9,10). The van der Waals surface area contributed by atoms with Gasteiger partial charge in [0, 0.05) is 109 Å². The molecule has 3 saturated heterocycles. The number of nitrogens with two attached hydrogens (primary N) is 5. The molecule has 0 spiro atoms. The van der Waals surface area contributed by atoms with Crippen LogP contribution in [0.15, 0.2) is 138 Å². The number of pyridine rings is 1. The van der Waals surface area contributed by atoms with Crippen molar-refractivity contribution in [3.8, 4) is 11.1 Å². The summed E-state index contributed by atoms with van der Waals surface area (Å²) in [4.78, 5) is 93.2. The zero-order valence-corrected chi connectivity index (χ0v) is 73.5. The Balaban J connectivity index is 0.000000148. The Kier molecular flexibility index (Phi) is 27.1. The second-order valence-electron chi connectivity index (χ2n) is 33.9. The molecule has 652 valence electrons. The molecule has 0 bridgehead atoms. The van der Waals surface area contributed by atoms with E-state index in [9.17, 15) is 37.1 Å². The molecule has 3 atom stereocenters. The van der Waals surface area contributed by atoms with Gasteiger partial charge in [-0.3, -0.25) is 9.69 Å². The van der Waals surface area contributed by atoms with Gasteiger partial charge in [0.2, 0.25) is 0 Å². The van der Waals surface area contributed by atoms with Gasteiger partial charge in [0.25, 0.3) is 5.91 Å². The topological polar surface area (TPSA) is 441 Å². The first-order valence-corrected chi connectivity index (χ1v) is 41.5. The van der Waals surface area contributed by atoms with E-state index in [2.05, 4.69) is 92.6 Å². The van der Waals surface area contributed by atoms with E-state index in [-0.39, 0.29) is 59.3 Å². The summed E-state index contributed by atoms with van der Waals surface area (Å²) in [6, 6.07) is 23.7. The van der Waals surface area contributed by atoms with Crippen LogP contribution in [0.25, 0.3) is 44.3 Å². The molecule has 3 fully saturated rings. The maximum Gasteiger partial charge on any atom is 0.416 e. The number of carbonyl (C=O) groups excluding carboxylic acids is 5. The van der Waals surface area contributed by atoms with Gasteiger partial charge in [-0.25, -0.2) is 71.7 Å². The fourth-order valence-corrected chi connectivity index (χ4v) is 15.6. The Hall–Kier alpha value is -12.5. The molecule has 15 heterocycles. The van der Waals surface area contributed by atoms with Crippen LogP contribution in [0.3, 0.4) is 0 Å². The van der Waals surface area contributed by atoms with E-state index in [4.69, 9.17) is 47.6 Å². The summed E-state index contributed by atoms with van der Waals surface area (Å²) in [7, 11) is 0. The number of halogens is 5. The van der Waals surface area contributed by atoms with Crippen LogP contribution >= 0.6 is 31.9 Å². The average molecular weight is 1820 g/mol. The number of aromatic nitrogens is 16. The van der Waals surface area contributed by atoms with Crippen molar-refractivity contribution < 1.29 is 56.1 Å². The van der Waals surface area contributed by atoms with Gasteiger partial charge in [-0.15, -0.1) is 0 Å². The van der Waals surface area contributed by atoms with Crippen molar-refractivity contribution in [1.82, 2.24) is 97.6 Å². The smallest absolute Gasteiger partial charge is 0.416 e. The number of piperidine rings is 3. The van der Waals surface area contributed by atoms with Crippen molar-refractivity contribution in [1.29, 1.82) is 0 Å². The van der Waals surface area contributed by atoms with Gasteiger partial charge < -0.3 is 67.6 Å². The van der Waals surface area contributed by atoms with Crippen LogP contribution in [-0.4, -0.2) is 196 Å². The molecule has 4 aliphatic rings. The molecule has 0 saturated carbocycles. The average Bonchev–Trinajstić information content (AvgIpc) is 1.61. The van der Waals surface area contributed by atoms with Gasteiger partial charge in [-0.05, 0) is 250 Å². The number of anilines is 6. The van der Waals surface area contributed by atoms with Crippen molar-refractivity contribution in [2.24, 2.45) is 0 Å². The molecule has 123 heavy (non-hydrogen) atoms. The number of amides is 5. The summed E-state index contributed by atoms with van der Waals surface area (Å²) >= 11 is 6.85. The van der Waals surface area contributed by atoms with E-state index in [1.807, 2.05) is 147 Å². The molecule has 12 aromatic rings. The number of allylic oxidation sites excluding steroid dienone is 1. The minimum absolute atomic E-state index is 0.0353. The number of nitrogen functional groups attached to an aromatic ring is 5. The second-order valence-corrected chi connectivity index (χ2v) is 35.5. The third-order valence-electron chi connectivity index (χ3n) is 20.0. The quantitative estimate of drug-likeness (QED) is 0.0807. The highest BCUT2D eigenvalue weighted by Gasteiger charge is 2.36. The third kappa shape index (κ3) is 22.3. The lowest BCUT2D eigenvalue weighted by Gasteiger charge is -2.34. The molecule has 11 N–H and O–H groups in total. The number of carbonyl (C=O) groups is 5. The number of ether oxygens (including phenoxy) is 4. The Bertz CT molecular complexity index is 5860. The Labute approximate surface area is 723 Å². The molecule has 4 aliphatic heterocycles. The van der Waals surface area contributed by atoms with Crippen molar-refractivity contribution in [2.75, 3.05) is 79.8 Å². The molecule has 1 aromatic carbocycles. The summed E-state index contributed by atoms with van der Waals surface area (Å²) in [5.74, 6) is 1.64. The van der Waals surface area contributed by atoms with Gasteiger partial charge >= 0.3 is 30.5 Å². The van der Waals surface area contributed by atoms with Gasteiger partial charge in [-0.2, -0.15) is 38.7 Å². The summed E-state index contributed by atoms with van der Waals surface area (Å²) in [6.07, 6.45) is 11.4. The molecule has 0 radical (unpaired) electrons. The van der Waals surface area contributed by atoms with E-state index in [0.717, 1.165) is 147 Å². The Morgan fingerprint density at radius 3 is 1.39 bits per heavy atom. The van der Waals surface area contributed by atoms with Crippen LogP contribution in [0.1, 0.15) is 191 Å². The molecular formula is C83H101Br2F3N26O9. The lowest BCUT2D eigenvalue weighted by molar-refractivity contribution is -0.137. The lowest BCUT2D eigenvalue weighted by atomic mass is 9.94. The van der Waals surface area contributed by atoms with Crippen molar-refractivity contribution in [3.63, 3.8) is 0 Å². The number of benzene rings is 1. The predicted octanol–water partition coefficient (Wildman–Crippen LogP) is 15.1. The normalized spacial score (nSPS) is 16.6. The number of alkyl halides is 3. The molecule has 0 aliphatic carbocycles. The van der Waals surface area contributed by atoms with Gasteiger partial charge in [0.15, 0.2) is 29.1 Å². The maximum atomic E-state index is 13.0. The summed E-state index contributed by atoms with van der Waals surface area (Å²) in [5.41, 5.74) is 36.9. The fourth-order valence-electron chi connectivity index (χ4n) is 14.6. The van der Waals surface area contributed by atoms with Gasteiger partial charge in [-0.1, -0.05) is 12.1 Å². The number of hydrogen-bond acceptors (Lipinski definition) is 25. The molecular weight excluding hydrogens is 1720 g/mol. The highest BCUT2D eigenvalue weighted by Crippen LogP contribution is 2.40. The molecule has 40 heteroatoms. The lowest BCUT2D eigenvalue weighted by Crippen LogP contribution is -2.42. The number of nitrogens with zero attached hydrogens (tertiary/aromatic N) is 20. The Morgan fingerprint density at radius 1 is 0.447 bits per heavy atom. The molecule has 11 aromatic heterocycles.